The second kappa shape index (κ2) is 11.5. The van der Waals surface area contributed by atoms with Crippen molar-refractivity contribution in [3.8, 4) is 45.6 Å². The Labute approximate surface area is 295 Å². The summed E-state index contributed by atoms with van der Waals surface area (Å²) in [7, 11) is 0. The summed E-state index contributed by atoms with van der Waals surface area (Å²) in [5, 5.41) is 0. The Kier molecular flexibility index (Phi) is 6.58. The van der Waals surface area contributed by atoms with Crippen LogP contribution in [0.5, 0.6) is 0 Å². The van der Waals surface area contributed by atoms with Crippen LogP contribution in [0.1, 0.15) is 40.3 Å². The zero-order valence-corrected chi connectivity index (χ0v) is 27.6. The molecule has 240 valence electrons. The zero-order valence-electron chi connectivity index (χ0n) is 27.6. The number of hydrogen-bond acceptors (Lipinski definition) is 6. The smallest absolute Gasteiger partial charge is 0.163 e. The van der Waals surface area contributed by atoms with Crippen LogP contribution in [0, 0.1) is 0 Å². The summed E-state index contributed by atoms with van der Waals surface area (Å²) in [5.74, 6) is 4.01. The number of nitrogens with zero attached hydrogens (tertiary/aromatic N) is 6. The maximum atomic E-state index is 5.36. The van der Waals surface area contributed by atoms with Crippen molar-refractivity contribution >= 4 is 0 Å². The predicted octanol–water partition coefficient (Wildman–Crippen LogP) is 9.11. The van der Waals surface area contributed by atoms with Crippen molar-refractivity contribution in [2.75, 3.05) is 0 Å². The van der Waals surface area contributed by atoms with Gasteiger partial charge in [0.15, 0.2) is 23.3 Å². The molecule has 2 bridgehead atoms. The molecule has 2 aliphatic carbocycles. The molecule has 6 aromatic carbocycles. The monoisotopic (exact) mass is 654 g/mol. The van der Waals surface area contributed by atoms with Crippen LogP contribution in [-0.4, -0.2) is 29.9 Å². The van der Waals surface area contributed by atoms with Gasteiger partial charge in [0.2, 0.25) is 0 Å². The third-order valence-corrected chi connectivity index (χ3v) is 10.4. The molecule has 0 saturated heterocycles. The predicted molar refractivity (Wildman–Crippen MR) is 199 cm³/mol. The van der Waals surface area contributed by atoms with Gasteiger partial charge in [0.05, 0.1) is 10.8 Å². The lowest BCUT2D eigenvalue weighted by Gasteiger charge is -2.32. The highest BCUT2D eigenvalue weighted by molar-refractivity contribution is 5.74. The van der Waals surface area contributed by atoms with Gasteiger partial charge in [-0.2, -0.15) is 0 Å². The average molecular weight is 655 g/mol. The molecule has 2 aliphatic rings. The Morgan fingerprint density at radius 1 is 0.275 bits per heavy atom. The van der Waals surface area contributed by atoms with Crippen molar-refractivity contribution in [3.63, 3.8) is 0 Å². The van der Waals surface area contributed by atoms with Gasteiger partial charge in [0.25, 0.3) is 0 Å². The first-order chi connectivity index (χ1) is 25.2. The van der Waals surface area contributed by atoms with E-state index in [-0.39, 0.29) is 0 Å². The molecule has 8 aromatic rings. The van der Waals surface area contributed by atoms with Gasteiger partial charge >= 0.3 is 0 Å². The first-order valence-electron chi connectivity index (χ1n) is 17.2. The van der Waals surface area contributed by atoms with E-state index in [9.17, 15) is 0 Å². The molecule has 2 heterocycles. The van der Waals surface area contributed by atoms with E-state index in [1.807, 2.05) is 72.8 Å². The minimum Gasteiger partial charge on any atom is -0.212 e. The van der Waals surface area contributed by atoms with Gasteiger partial charge in [-0.25, -0.2) is 29.9 Å². The number of hydrogen-bond donors (Lipinski definition) is 0. The fraction of sp³-hybridized carbons (Fsp3) is 0.0667. The Balaban J connectivity index is 1.27. The molecule has 0 aliphatic heterocycles. The molecule has 0 unspecified atom stereocenters. The SMILES string of the molecule is c1ccc(-c2nc(-c3ccccc3)nc(C34CC(c5nc(-c6ccccc6)nc(-c6ccccc6)n5)(c5ccccc53)c3ccccc34)n2)cc1. The van der Waals surface area contributed by atoms with E-state index in [0.717, 1.165) is 56.2 Å². The standard InChI is InChI=1S/C45H30N6/c1-5-17-30(18-6-1)38-46-39(31-19-7-2-8-20-31)49-42(48-38)44-29-45(36-27-15-13-25-34(36)44,37-28-16-14-26-35(37)44)43-50-40(32-21-9-3-10-22-32)47-41(51-43)33-23-11-4-12-24-33/h1-28H,29H2. The molecule has 0 fully saturated rings. The Morgan fingerprint density at radius 2 is 0.510 bits per heavy atom. The lowest BCUT2D eigenvalue weighted by molar-refractivity contribution is 0.517. The van der Waals surface area contributed by atoms with Gasteiger partial charge in [0, 0.05) is 22.3 Å². The van der Waals surface area contributed by atoms with Crippen molar-refractivity contribution in [2.24, 2.45) is 0 Å². The van der Waals surface area contributed by atoms with Gasteiger partial charge in [-0.3, -0.25) is 0 Å². The third kappa shape index (κ3) is 4.43. The van der Waals surface area contributed by atoms with E-state index in [1.165, 1.54) is 0 Å². The van der Waals surface area contributed by atoms with E-state index in [0.29, 0.717) is 29.7 Å². The Hall–Kier alpha value is -6.66. The van der Waals surface area contributed by atoms with Crippen LogP contribution in [0.25, 0.3) is 45.6 Å². The Bertz CT molecular complexity index is 2210. The van der Waals surface area contributed by atoms with Crippen LogP contribution >= 0.6 is 0 Å². The summed E-state index contributed by atoms with van der Waals surface area (Å²) in [5.41, 5.74) is 7.04. The molecular formula is C45H30N6. The van der Waals surface area contributed by atoms with Crippen LogP contribution < -0.4 is 0 Å². The van der Waals surface area contributed by atoms with Gasteiger partial charge in [-0.15, -0.1) is 0 Å². The number of fused-ring (bicyclic) bond motifs is 8. The van der Waals surface area contributed by atoms with Crippen molar-refractivity contribution in [1.29, 1.82) is 0 Å². The zero-order chi connectivity index (χ0) is 33.8. The molecule has 51 heavy (non-hydrogen) atoms. The lowest BCUT2D eigenvalue weighted by atomic mass is 9.71. The van der Waals surface area contributed by atoms with Gasteiger partial charge in [-0.1, -0.05) is 170 Å². The highest BCUT2D eigenvalue weighted by Crippen LogP contribution is 2.67. The van der Waals surface area contributed by atoms with Crippen molar-refractivity contribution < 1.29 is 0 Å². The fourth-order valence-corrected chi connectivity index (χ4v) is 8.16. The molecular weight excluding hydrogens is 625 g/mol. The van der Waals surface area contributed by atoms with E-state index in [4.69, 9.17) is 29.9 Å². The molecule has 0 spiro atoms. The van der Waals surface area contributed by atoms with Crippen LogP contribution in [-0.2, 0) is 10.8 Å². The molecule has 0 saturated carbocycles. The molecule has 0 radical (unpaired) electrons. The second-order valence-corrected chi connectivity index (χ2v) is 13.2. The van der Waals surface area contributed by atoms with Crippen LogP contribution in [0.15, 0.2) is 170 Å². The highest BCUT2D eigenvalue weighted by Gasteiger charge is 2.65. The van der Waals surface area contributed by atoms with E-state index < -0.39 is 10.8 Å². The van der Waals surface area contributed by atoms with E-state index in [1.54, 1.807) is 0 Å². The van der Waals surface area contributed by atoms with E-state index in [2.05, 4.69) is 97.1 Å². The molecule has 0 atom stereocenters. The van der Waals surface area contributed by atoms with Gasteiger partial charge in [-0.05, 0) is 28.7 Å². The summed E-state index contributed by atoms with van der Waals surface area (Å²) >= 11 is 0. The molecule has 2 aromatic heterocycles. The summed E-state index contributed by atoms with van der Waals surface area (Å²) < 4.78 is 0. The number of benzene rings is 6. The van der Waals surface area contributed by atoms with Crippen LogP contribution in [0.2, 0.25) is 0 Å². The molecule has 0 N–H and O–H groups in total. The summed E-state index contributed by atoms with van der Waals surface area (Å²) in [4.78, 5) is 31.5. The summed E-state index contributed by atoms with van der Waals surface area (Å²) in [6.07, 6.45) is 0.637. The molecule has 6 heteroatoms. The van der Waals surface area contributed by atoms with Crippen molar-refractivity contribution in [2.45, 2.75) is 17.3 Å². The summed E-state index contributed by atoms with van der Waals surface area (Å²) in [6, 6.07) is 58.1. The van der Waals surface area contributed by atoms with E-state index >= 15 is 0 Å². The minimum atomic E-state index is -0.685. The third-order valence-electron chi connectivity index (χ3n) is 10.4. The van der Waals surface area contributed by atoms with Crippen LogP contribution in [0.3, 0.4) is 0 Å². The van der Waals surface area contributed by atoms with Crippen molar-refractivity contribution in [1.82, 2.24) is 29.9 Å². The maximum absolute atomic E-state index is 5.36. The largest absolute Gasteiger partial charge is 0.212 e. The molecule has 0 amide bonds. The lowest BCUT2D eigenvalue weighted by Crippen LogP contribution is -2.30. The molecule has 6 nitrogen and oxygen atoms in total. The molecule has 10 rings (SSSR count). The second-order valence-electron chi connectivity index (χ2n) is 13.2. The Morgan fingerprint density at radius 3 is 0.765 bits per heavy atom. The van der Waals surface area contributed by atoms with Crippen LogP contribution in [0.4, 0.5) is 0 Å². The van der Waals surface area contributed by atoms with Gasteiger partial charge in [0.1, 0.15) is 11.6 Å². The first kappa shape index (κ1) is 29.3. The minimum absolute atomic E-state index is 0.637. The van der Waals surface area contributed by atoms with Gasteiger partial charge < -0.3 is 0 Å². The number of rotatable bonds is 6. The fourth-order valence-electron chi connectivity index (χ4n) is 8.16. The average Bonchev–Trinajstić information content (AvgIpc) is 3.72. The normalized spacial score (nSPS) is 18.3. The maximum Gasteiger partial charge on any atom is 0.163 e. The quantitative estimate of drug-likeness (QED) is 0.178. The highest BCUT2D eigenvalue weighted by atomic mass is 15.1. The summed E-state index contributed by atoms with van der Waals surface area (Å²) in [6.45, 7) is 0. The first-order valence-corrected chi connectivity index (χ1v) is 17.2. The van der Waals surface area contributed by atoms with Crippen molar-refractivity contribution in [3.05, 3.63) is 204 Å². The topological polar surface area (TPSA) is 77.3 Å². The number of aromatic nitrogens is 6.